The van der Waals surface area contributed by atoms with Crippen LogP contribution < -0.4 is 15.5 Å². The van der Waals surface area contributed by atoms with Crippen LogP contribution in [-0.2, 0) is 18.9 Å². The molecular weight excluding hydrogens is 509 g/mol. The van der Waals surface area contributed by atoms with Gasteiger partial charge in [-0.3, -0.25) is 9.67 Å². The summed E-state index contributed by atoms with van der Waals surface area (Å²) in [6.45, 7) is 12.4. The van der Waals surface area contributed by atoms with Crippen LogP contribution in [0.1, 0.15) is 51.2 Å². The van der Waals surface area contributed by atoms with Crippen LogP contribution in [0, 0.1) is 0 Å². The van der Waals surface area contributed by atoms with Crippen molar-refractivity contribution in [2.45, 2.75) is 58.4 Å². The highest BCUT2D eigenvalue weighted by Gasteiger charge is 2.22. The molecule has 1 aliphatic rings. The van der Waals surface area contributed by atoms with Crippen LogP contribution in [0.4, 0.5) is 5.69 Å². The lowest BCUT2D eigenvalue weighted by Gasteiger charge is -2.34. The SMILES string of the molecule is CCNC(=NCCc1nc(C(C)(C)C)cs1)NC1CCCN(c2cnn(C)c2)C1.I. The highest BCUT2D eigenvalue weighted by atomic mass is 127. The largest absolute Gasteiger partial charge is 0.367 e. The van der Waals surface area contributed by atoms with Crippen LogP contribution in [-0.4, -0.2) is 52.9 Å². The number of hydrogen-bond acceptors (Lipinski definition) is 5. The molecule has 0 spiro atoms. The molecule has 2 aromatic heterocycles. The molecule has 0 saturated carbocycles. The molecule has 7 nitrogen and oxygen atoms in total. The summed E-state index contributed by atoms with van der Waals surface area (Å²) < 4.78 is 1.86. The van der Waals surface area contributed by atoms with E-state index < -0.39 is 0 Å². The third-order valence-electron chi connectivity index (χ3n) is 5.08. The topological polar surface area (TPSA) is 70.4 Å². The second kappa shape index (κ2) is 11.3. The Kier molecular flexibility index (Phi) is 9.39. The molecule has 1 aliphatic heterocycles. The van der Waals surface area contributed by atoms with Crippen molar-refractivity contribution in [2.24, 2.45) is 12.0 Å². The molecule has 0 aromatic carbocycles. The van der Waals surface area contributed by atoms with Gasteiger partial charge in [0.05, 0.1) is 22.6 Å². The number of halogens is 1. The molecule has 1 saturated heterocycles. The summed E-state index contributed by atoms with van der Waals surface area (Å²) in [5.41, 5.74) is 2.47. The molecule has 1 atom stereocenters. The molecule has 0 aliphatic carbocycles. The second-order valence-electron chi connectivity index (χ2n) is 8.69. The minimum Gasteiger partial charge on any atom is -0.367 e. The van der Waals surface area contributed by atoms with Gasteiger partial charge < -0.3 is 15.5 Å². The Morgan fingerprint density at radius 1 is 1.37 bits per heavy atom. The first-order valence-corrected chi connectivity index (χ1v) is 11.5. The Morgan fingerprint density at radius 3 is 2.80 bits per heavy atom. The van der Waals surface area contributed by atoms with Crippen LogP contribution in [0.5, 0.6) is 0 Å². The zero-order chi connectivity index (χ0) is 20.9. The van der Waals surface area contributed by atoms with Gasteiger partial charge in [0.2, 0.25) is 0 Å². The molecule has 0 bridgehead atoms. The van der Waals surface area contributed by atoms with Crippen molar-refractivity contribution in [2.75, 3.05) is 31.1 Å². The van der Waals surface area contributed by atoms with E-state index in [0.717, 1.165) is 50.0 Å². The van der Waals surface area contributed by atoms with Crippen molar-refractivity contribution < 1.29 is 0 Å². The predicted molar refractivity (Wildman–Crippen MR) is 137 cm³/mol. The summed E-state index contributed by atoms with van der Waals surface area (Å²) in [7, 11) is 1.96. The molecule has 1 unspecified atom stereocenters. The molecule has 9 heteroatoms. The molecule has 30 heavy (non-hydrogen) atoms. The average Bonchev–Trinajstić information content (AvgIpc) is 3.31. The number of piperidine rings is 1. The molecule has 2 aromatic rings. The van der Waals surface area contributed by atoms with Gasteiger partial charge in [0.1, 0.15) is 0 Å². The first-order chi connectivity index (χ1) is 13.8. The van der Waals surface area contributed by atoms with Crippen LogP contribution >= 0.6 is 35.3 Å². The number of hydrogen-bond donors (Lipinski definition) is 2. The fourth-order valence-corrected chi connectivity index (χ4v) is 4.46. The highest BCUT2D eigenvalue weighted by molar-refractivity contribution is 14.0. The van der Waals surface area contributed by atoms with E-state index in [1.54, 1.807) is 11.3 Å². The van der Waals surface area contributed by atoms with Gasteiger partial charge in [0, 0.05) is 62.7 Å². The lowest BCUT2D eigenvalue weighted by Crippen LogP contribution is -2.51. The van der Waals surface area contributed by atoms with Crippen molar-refractivity contribution >= 4 is 47.0 Å². The van der Waals surface area contributed by atoms with Gasteiger partial charge >= 0.3 is 0 Å². The van der Waals surface area contributed by atoms with E-state index in [4.69, 9.17) is 9.98 Å². The average molecular weight is 546 g/mol. The van der Waals surface area contributed by atoms with Crippen molar-refractivity contribution in [3.8, 4) is 0 Å². The summed E-state index contributed by atoms with van der Waals surface area (Å²) in [5.74, 6) is 0.901. The maximum absolute atomic E-state index is 4.80. The number of aromatic nitrogens is 3. The fourth-order valence-electron chi connectivity index (χ4n) is 3.45. The van der Waals surface area contributed by atoms with Crippen molar-refractivity contribution in [1.29, 1.82) is 0 Å². The zero-order valence-corrected chi connectivity index (χ0v) is 22.0. The summed E-state index contributed by atoms with van der Waals surface area (Å²) in [6, 6.07) is 0.383. The van der Waals surface area contributed by atoms with E-state index in [1.807, 2.05) is 17.9 Å². The van der Waals surface area contributed by atoms with Crippen LogP contribution in [0.3, 0.4) is 0 Å². The number of nitrogens with zero attached hydrogens (tertiary/aromatic N) is 5. The lowest BCUT2D eigenvalue weighted by molar-refractivity contribution is 0.468. The number of anilines is 1. The van der Waals surface area contributed by atoms with Crippen LogP contribution in [0.15, 0.2) is 22.8 Å². The Bertz CT molecular complexity index is 808. The molecule has 168 valence electrons. The Morgan fingerprint density at radius 2 is 2.17 bits per heavy atom. The normalized spacial score (nSPS) is 17.6. The predicted octanol–water partition coefficient (Wildman–Crippen LogP) is 3.56. The van der Waals surface area contributed by atoms with E-state index in [1.165, 1.54) is 17.8 Å². The summed E-state index contributed by atoms with van der Waals surface area (Å²) in [4.78, 5) is 12.0. The van der Waals surface area contributed by atoms with Gasteiger partial charge in [-0.05, 0) is 19.8 Å². The maximum atomic E-state index is 4.80. The lowest BCUT2D eigenvalue weighted by atomic mass is 9.93. The Hall–Kier alpha value is -1.36. The fraction of sp³-hybridized carbons (Fsp3) is 0.667. The van der Waals surface area contributed by atoms with Gasteiger partial charge in [-0.25, -0.2) is 4.98 Å². The highest BCUT2D eigenvalue weighted by Crippen LogP contribution is 2.24. The molecule has 3 heterocycles. The van der Waals surface area contributed by atoms with Crippen LogP contribution in [0.25, 0.3) is 0 Å². The number of aliphatic imine (C=N–C) groups is 1. The Labute approximate surface area is 201 Å². The van der Waals surface area contributed by atoms with Crippen molar-refractivity contribution in [3.05, 3.63) is 28.5 Å². The quantitative estimate of drug-likeness (QED) is 0.330. The molecule has 2 N–H and O–H groups in total. The van der Waals surface area contributed by atoms with Gasteiger partial charge in [0.15, 0.2) is 5.96 Å². The molecule has 1 fully saturated rings. The van der Waals surface area contributed by atoms with E-state index in [0.29, 0.717) is 6.04 Å². The number of aryl methyl sites for hydroxylation is 1. The first-order valence-electron chi connectivity index (χ1n) is 10.6. The van der Waals surface area contributed by atoms with E-state index in [-0.39, 0.29) is 29.4 Å². The standard InChI is InChI=1S/C21H35N7S.HI/c1-6-22-20(23-10-9-19-26-18(15-29-19)21(2,3)4)25-16-8-7-11-28(13-16)17-12-24-27(5)14-17;/h12,14-16H,6-11,13H2,1-5H3,(H2,22,23,25);1H. The third-order valence-corrected chi connectivity index (χ3v) is 5.99. The number of rotatable bonds is 6. The molecular formula is C21H36IN7S. The second-order valence-corrected chi connectivity index (χ2v) is 9.63. The number of nitrogens with one attached hydrogen (secondary N) is 2. The van der Waals surface area contributed by atoms with Crippen LogP contribution in [0.2, 0.25) is 0 Å². The van der Waals surface area contributed by atoms with Gasteiger partial charge in [-0.15, -0.1) is 35.3 Å². The first kappa shape index (κ1) is 24.9. The van der Waals surface area contributed by atoms with E-state index >= 15 is 0 Å². The minimum absolute atomic E-state index is 0. The number of guanidine groups is 1. The van der Waals surface area contributed by atoms with E-state index in [2.05, 4.69) is 59.9 Å². The van der Waals surface area contributed by atoms with Gasteiger partial charge in [-0.2, -0.15) is 5.10 Å². The number of thiazole rings is 1. The van der Waals surface area contributed by atoms with Gasteiger partial charge in [-0.1, -0.05) is 20.8 Å². The van der Waals surface area contributed by atoms with Crippen molar-refractivity contribution in [3.63, 3.8) is 0 Å². The summed E-state index contributed by atoms with van der Waals surface area (Å²) in [5, 5.41) is 14.7. The smallest absolute Gasteiger partial charge is 0.191 e. The maximum Gasteiger partial charge on any atom is 0.191 e. The van der Waals surface area contributed by atoms with Gasteiger partial charge in [0.25, 0.3) is 0 Å². The summed E-state index contributed by atoms with van der Waals surface area (Å²) in [6.07, 6.45) is 7.23. The van der Waals surface area contributed by atoms with Crippen molar-refractivity contribution in [1.82, 2.24) is 25.4 Å². The molecule has 0 radical (unpaired) electrons. The minimum atomic E-state index is 0. The van der Waals surface area contributed by atoms with E-state index in [9.17, 15) is 0 Å². The Balaban J connectivity index is 0.00000320. The molecule has 3 rings (SSSR count). The summed E-state index contributed by atoms with van der Waals surface area (Å²) >= 11 is 1.74. The monoisotopic (exact) mass is 545 g/mol. The third kappa shape index (κ3) is 7.11. The molecule has 0 amide bonds. The zero-order valence-electron chi connectivity index (χ0n) is 18.8.